The number of hydrogen-bond donors (Lipinski definition) is 0. The van der Waals surface area contributed by atoms with Gasteiger partial charge in [-0.05, 0) is 80.0 Å². The van der Waals surface area contributed by atoms with Crippen LogP contribution in [0.2, 0.25) is 0 Å². The number of carbonyl (C=O) groups is 4. The summed E-state index contributed by atoms with van der Waals surface area (Å²) in [7, 11) is 1.41. The van der Waals surface area contributed by atoms with Gasteiger partial charge in [-0.2, -0.15) is 0 Å². The van der Waals surface area contributed by atoms with Crippen LogP contribution in [0.25, 0.3) is 0 Å². The molecule has 7 nitrogen and oxygen atoms in total. The molecule has 0 saturated heterocycles. The van der Waals surface area contributed by atoms with E-state index in [0.29, 0.717) is 25.0 Å². The van der Waals surface area contributed by atoms with E-state index in [9.17, 15) is 19.2 Å². The molecule has 202 valence electrons. The van der Waals surface area contributed by atoms with E-state index in [1.54, 1.807) is 0 Å². The smallest absolute Gasteiger partial charge is 0.305 e. The van der Waals surface area contributed by atoms with Gasteiger partial charge in [-0.3, -0.25) is 19.2 Å². The normalized spacial score (nSPS) is 42.4. The average Bonchev–Trinajstić information content (AvgIpc) is 3.16. The van der Waals surface area contributed by atoms with Crippen LogP contribution in [-0.2, 0) is 33.4 Å². The summed E-state index contributed by atoms with van der Waals surface area (Å²) in [6.07, 6.45) is 6.44. The first-order valence-corrected chi connectivity index (χ1v) is 13.9. The molecular formula is C29H44O7. The number of esters is 3. The molecule has 0 amide bonds. The number of hydrogen-bond acceptors (Lipinski definition) is 7. The molecule has 36 heavy (non-hydrogen) atoms. The number of methoxy groups -OCH3 is 1. The summed E-state index contributed by atoms with van der Waals surface area (Å²) >= 11 is 0. The van der Waals surface area contributed by atoms with Crippen LogP contribution in [0, 0.1) is 46.3 Å². The Balaban J connectivity index is 1.62. The Kier molecular flexibility index (Phi) is 7.60. The van der Waals surface area contributed by atoms with Gasteiger partial charge < -0.3 is 14.2 Å². The molecule has 0 aliphatic heterocycles. The van der Waals surface area contributed by atoms with E-state index in [2.05, 4.69) is 20.8 Å². The monoisotopic (exact) mass is 504 g/mol. The summed E-state index contributed by atoms with van der Waals surface area (Å²) in [5.74, 6) is 0.785. The van der Waals surface area contributed by atoms with E-state index >= 15 is 0 Å². The Bertz CT molecular complexity index is 898. The molecule has 0 spiro atoms. The van der Waals surface area contributed by atoms with E-state index < -0.39 is 5.41 Å². The van der Waals surface area contributed by atoms with Crippen LogP contribution in [0.4, 0.5) is 0 Å². The predicted octanol–water partition coefficient (Wildman–Crippen LogP) is 4.89. The maximum Gasteiger partial charge on any atom is 0.305 e. The fourth-order valence-corrected chi connectivity index (χ4v) is 9.14. The lowest BCUT2D eigenvalue weighted by molar-refractivity contribution is -0.196. The Labute approximate surface area is 215 Å². The summed E-state index contributed by atoms with van der Waals surface area (Å²) < 4.78 is 16.5. The minimum Gasteiger partial charge on any atom is -0.469 e. The zero-order valence-electron chi connectivity index (χ0n) is 22.8. The van der Waals surface area contributed by atoms with Crippen LogP contribution in [0.5, 0.6) is 0 Å². The van der Waals surface area contributed by atoms with Crippen molar-refractivity contribution in [1.82, 2.24) is 0 Å². The maximum atomic E-state index is 14.0. The highest BCUT2D eigenvalue weighted by Crippen LogP contribution is 2.67. The number of rotatable bonds is 6. The molecule has 7 heteroatoms. The van der Waals surface area contributed by atoms with Crippen LogP contribution < -0.4 is 0 Å². The first-order valence-electron chi connectivity index (χ1n) is 13.9. The van der Waals surface area contributed by atoms with Crippen molar-refractivity contribution in [2.75, 3.05) is 7.11 Å². The van der Waals surface area contributed by atoms with Crippen molar-refractivity contribution in [3.05, 3.63) is 0 Å². The second kappa shape index (κ2) is 10.1. The zero-order valence-corrected chi connectivity index (χ0v) is 22.8. The largest absolute Gasteiger partial charge is 0.469 e. The maximum absolute atomic E-state index is 14.0. The van der Waals surface area contributed by atoms with Gasteiger partial charge in [0, 0.05) is 38.0 Å². The molecule has 0 bridgehead atoms. The van der Waals surface area contributed by atoms with Gasteiger partial charge in [0.25, 0.3) is 0 Å². The first kappa shape index (κ1) is 27.1. The quantitative estimate of drug-likeness (QED) is 0.375. The predicted molar refractivity (Wildman–Crippen MR) is 133 cm³/mol. The van der Waals surface area contributed by atoms with Crippen molar-refractivity contribution in [2.45, 2.75) is 105 Å². The fourth-order valence-electron chi connectivity index (χ4n) is 9.14. The van der Waals surface area contributed by atoms with E-state index in [0.717, 1.165) is 38.5 Å². The molecule has 4 aliphatic rings. The second-order valence-corrected chi connectivity index (χ2v) is 12.6. The van der Waals surface area contributed by atoms with Crippen molar-refractivity contribution < 1.29 is 33.4 Å². The molecule has 10 atom stereocenters. The molecule has 0 unspecified atom stereocenters. The Morgan fingerprint density at radius 3 is 2.33 bits per heavy atom. The Morgan fingerprint density at radius 1 is 1.00 bits per heavy atom. The number of carbonyl (C=O) groups excluding carboxylic acids is 4. The molecule has 0 aromatic carbocycles. The van der Waals surface area contributed by atoms with Crippen molar-refractivity contribution in [3.8, 4) is 0 Å². The van der Waals surface area contributed by atoms with Crippen molar-refractivity contribution >= 4 is 23.7 Å². The third-order valence-electron chi connectivity index (χ3n) is 10.9. The van der Waals surface area contributed by atoms with Crippen LogP contribution >= 0.6 is 0 Å². The lowest BCUT2D eigenvalue weighted by Crippen LogP contribution is -2.62. The molecule has 0 aromatic heterocycles. The molecule has 4 rings (SSSR count). The number of ketones is 1. The van der Waals surface area contributed by atoms with Gasteiger partial charge in [-0.25, -0.2) is 0 Å². The summed E-state index contributed by atoms with van der Waals surface area (Å²) in [6, 6.07) is 0. The van der Waals surface area contributed by atoms with Crippen LogP contribution in [0.3, 0.4) is 0 Å². The lowest BCUT2D eigenvalue weighted by atomic mass is 9.43. The molecular weight excluding hydrogens is 460 g/mol. The van der Waals surface area contributed by atoms with Crippen molar-refractivity contribution in [1.29, 1.82) is 0 Å². The number of fused-ring (bicyclic) bond motifs is 5. The minimum atomic E-state index is -0.465. The highest BCUT2D eigenvalue weighted by atomic mass is 16.5. The fraction of sp³-hybridized carbons (Fsp3) is 0.862. The third kappa shape index (κ3) is 4.60. The number of ether oxygens (including phenoxy) is 3. The molecule has 0 radical (unpaired) electrons. The zero-order chi connectivity index (χ0) is 26.4. The Hall–Kier alpha value is -1.92. The van der Waals surface area contributed by atoms with E-state index in [4.69, 9.17) is 14.2 Å². The van der Waals surface area contributed by atoms with Gasteiger partial charge in [0.2, 0.25) is 0 Å². The topological polar surface area (TPSA) is 96.0 Å². The highest BCUT2D eigenvalue weighted by molar-refractivity contribution is 5.87. The molecule has 0 heterocycles. The highest BCUT2D eigenvalue weighted by Gasteiger charge is 2.66. The van der Waals surface area contributed by atoms with E-state index in [1.165, 1.54) is 21.0 Å². The van der Waals surface area contributed by atoms with Gasteiger partial charge in [-0.1, -0.05) is 20.8 Å². The Morgan fingerprint density at radius 2 is 1.69 bits per heavy atom. The standard InChI is InChI=1S/C29H44O7/c1-16(7-10-26(33)34-6)21-8-9-22-27-23(15-25(32)29(21,22)5)28(4)12-11-20(35-17(2)30)13-19(28)14-24(27)36-18(3)31/h16,19-24,27H,7-15H2,1-6H3/t16-,19+,20-,21+,22-,23+,24-,27-,28-,29-/m1/s1. The van der Waals surface area contributed by atoms with E-state index in [-0.39, 0.29) is 71.0 Å². The number of Topliss-reactive ketones (excluding diaryl/α,β-unsaturated/α-hetero) is 1. The summed E-state index contributed by atoms with van der Waals surface area (Å²) in [5, 5.41) is 0. The van der Waals surface area contributed by atoms with Crippen LogP contribution in [-0.4, -0.2) is 43.0 Å². The van der Waals surface area contributed by atoms with Crippen molar-refractivity contribution in [2.24, 2.45) is 46.3 Å². The summed E-state index contributed by atoms with van der Waals surface area (Å²) in [4.78, 5) is 49.7. The van der Waals surface area contributed by atoms with Gasteiger partial charge >= 0.3 is 17.9 Å². The molecule has 4 saturated carbocycles. The van der Waals surface area contributed by atoms with Crippen LogP contribution in [0.1, 0.15) is 92.4 Å². The minimum absolute atomic E-state index is 0.0382. The molecule has 0 N–H and O–H groups in total. The van der Waals surface area contributed by atoms with Gasteiger partial charge in [0.05, 0.1) is 7.11 Å². The van der Waals surface area contributed by atoms with E-state index in [1.807, 2.05) is 0 Å². The first-order chi connectivity index (χ1) is 16.9. The second-order valence-electron chi connectivity index (χ2n) is 12.6. The van der Waals surface area contributed by atoms with Crippen LogP contribution in [0.15, 0.2) is 0 Å². The van der Waals surface area contributed by atoms with Gasteiger partial charge in [0.15, 0.2) is 0 Å². The van der Waals surface area contributed by atoms with Gasteiger partial charge in [-0.15, -0.1) is 0 Å². The SMILES string of the molecule is COC(=O)CC[C@@H](C)[C@@H]1CC[C@@H]2[C@H]3[C@H](OC(C)=O)C[C@@H]4C[C@H](OC(C)=O)CC[C@@]4(C)[C@H]3CC(=O)[C@@]21C. The lowest BCUT2D eigenvalue weighted by Gasteiger charge is -2.62. The third-order valence-corrected chi connectivity index (χ3v) is 10.9. The molecule has 4 fully saturated rings. The van der Waals surface area contributed by atoms with Crippen molar-refractivity contribution in [3.63, 3.8) is 0 Å². The molecule has 4 aliphatic carbocycles. The summed E-state index contributed by atoms with van der Waals surface area (Å²) in [5.41, 5.74) is -0.503. The molecule has 0 aromatic rings. The average molecular weight is 505 g/mol. The summed E-state index contributed by atoms with van der Waals surface area (Å²) in [6.45, 7) is 9.57. The van der Waals surface area contributed by atoms with Gasteiger partial charge in [0.1, 0.15) is 18.0 Å².